The third-order valence-electron chi connectivity index (χ3n) is 3.34. The molecule has 0 spiro atoms. The Labute approximate surface area is 140 Å². The summed E-state index contributed by atoms with van der Waals surface area (Å²) in [5.74, 6) is 0.814. The van der Waals surface area contributed by atoms with Gasteiger partial charge < -0.3 is 15.8 Å². The quantitative estimate of drug-likeness (QED) is 0.636. The van der Waals surface area contributed by atoms with Crippen molar-refractivity contribution >= 4 is 28.8 Å². The first-order valence-corrected chi connectivity index (χ1v) is 8.10. The SMILES string of the molecule is COc1cc(Sc2ccc(N)cc2)ccc1Nc1ccccc1. The molecule has 0 fully saturated rings. The summed E-state index contributed by atoms with van der Waals surface area (Å²) in [5.41, 5.74) is 8.47. The molecule has 0 atom stereocenters. The van der Waals surface area contributed by atoms with E-state index in [1.807, 2.05) is 66.7 Å². The van der Waals surface area contributed by atoms with Gasteiger partial charge in [-0.15, -0.1) is 0 Å². The van der Waals surface area contributed by atoms with Gasteiger partial charge in [-0.1, -0.05) is 30.0 Å². The lowest BCUT2D eigenvalue weighted by molar-refractivity contribution is 0.416. The fourth-order valence-corrected chi connectivity index (χ4v) is 3.03. The first-order chi connectivity index (χ1) is 11.2. The fraction of sp³-hybridized carbons (Fsp3) is 0.0526. The molecule has 0 amide bonds. The van der Waals surface area contributed by atoms with E-state index in [0.717, 1.165) is 32.6 Å². The average molecular weight is 322 g/mol. The Morgan fingerprint density at radius 2 is 1.57 bits per heavy atom. The summed E-state index contributed by atoms with van der Waals surface area (Å²) in [6, 6.07) is 24.0. The van der Waals surface area contributed by atoms with Gasteiger partial charge in [0.1, 0.15) is 5.75 Å². The maximum atomic E-state index is 5.72. The van der Waals surface area contributed by atoms with Crippen LogP contribution in [0.2, 0.25) is 0 Å². The summed E-state index contributed by atoms with van der Waals surface area (Å²) in [7, 11) is 1.68. The lowest BCUT2D eigenvalue weighted by Crippen LogP contribution is -1.94. The van der Waals surface area contributed by atoms with Crippen molar-refractivity contribution in [1.82, 2.24) is 0 Å². The number of benzene rings is 3. The van der Waals surface area contributed by atoms with Crippen LogP contribution in [0.25, 0.3) is 0 Å². The van der Waals surface area contributed by atoms with Gasteiger partial charge in [0.25, 0.3) is 0 Å². The van der Waals surface area contributed by atoms with Crippen molar-refractivity contribution in [3.8, 4) is 5.75 Å². The standard InChI is InChI=1S/C19H18N2OS/c1-22-19-13-17(23-16-9-7-14(20)8-10-16)11-12-18(19)21-15-5-3-2-4-6-15/h2-13,21H,20H2,1H3. The second kappa shape index (κ2) is 7.11. The number of nitrogens with two attached hydrogens (primary N) is 1. The van der Waals surface area contributed by atoms with Gasteiger partial charge in [0.05, 0.1) is 12.8 Å². The van der Waals surface area contributed by atoms with Crippen LogP contribution in [0, 0.1) is 0 Å². The van der Waals surface area contributed by atoms with E-state index in [1.54, 1.807) is 18.9 Å². The van der Waals surface area contributed by atoms with E-state index >= 15 is 0 Å². The molecule has 0 aliphatic carbocycles. The van der Waals surface area contributed by atoms with Gasteiger partial charge in [0, 0.05) is 21.2 Å². The molecular formula is C19H18N2OS. The van der Waals surface area contributed by atoms with Crippen LogP contribution in [0.3, 0.4) is 0 Å². The zero-order valence-corrected chi connectivity index (χ0v) is 13.6. The predicted octanol–water partition coefficient (Wildman–Crippen LogP) is 5.17. The van der Waals surface area contributed by atoms with Gasteiger partial charge in [0.15, 0.2) is 0 Å². The topological polar surface area (TPSA) is 47.3 Å². The predicted molar refractivity (Wildman–Crippen MR) is 97.7 cm³/mol. The number of anilines is 3. The second-order valence-corrected chi connectivity index (χ2v) is 6.17. The molecule has 0 radical (unpaired) electrons. The summed E-state index contributed by atoms with van der Waals surface area (Å²) in [6.45, 7) is 0. The van der Waals surface area contributed by atoms with Gasteiger partial charge in [0.2, 0.25) is 0 Å². The Kier molecular flexibility index (Phi) is 4.74. The highest BCUT2D eigenvalue weighted by Crippen LogP contribution is 2.35. The molecule has 23 heavy (non-hydrogen) atoms. The van der Waals surface area contributed by atoms with Crippen molar-refractivity contribution in [3.63, 3.8) is 0 Å². The molecule has 0 unspecified atom stereocenters. The number of hydrogen-bond donors (Lipinski definition) is 2. The van der Waals surface area contributed by atoms with E-state index in [1.165, 1.54) is 0 Å². The van der Waals surface area contributed by atoms with Crippen LogP contribution in [0.15, 0.2) is 82.6 Å². The molecule has 116 valence electrons. The molecule has 0 aromatic heterocycles. The molecule has 3 aromatic rings. The highest BCUT2D eigenvalue weighted by molar-refractivity contribution is 7.99. The molecule has 3 rings (SSSR count). The highest BCUT2D eigenvalue weighted by Gasteiger charge is 2.06. The number of methoxy groups -OCH3 is 1. The molecule has 0 heterocycles. The average Bonchev–Trinajstić information content (AvgIpc) is 2.59. The molecule has 3 N–H and O–H groups in total. The third kappa shape index (κ3) is 3.99. The first-order valence-electron chi connectivity index (χ1n) is 7.28. The lowest BCUT2D eigenvalue weighted by Gasteiger charge is -2.13. The number of nitrogen functional groups attached to an aromatic ring is 1. The van der Waals surface area contributed by atoms with Gasteiger partial charge in [-0.3, -0.25) is 0 Å². The third-order valence-corrected chi connectivity index (χ3v) is 4.34. The smallest absolute Gasteiger partial charge is 0.143 e. The summed E-state index contributed by atoms with van der Waals surface area (Å²) < 4.78 is 5.52. The van der Waals surface area contributed by atoms with Crippen LogP contribution >= 0.6 is 11.8 Å². The molecule has 0 bridgehead atoms. The summed E-state index contributed by atoms with van der Waals surface area (Å²) in [5, 5.41) is 3.37. The van der Waals surface area contributed by atoms with Crippen LogP contribution in [-0.4, -0.2) is 7.11 Å². The monoisotopic (exact) mass is 322 g/mol. The Morgan fingerprint density at radius 1 is 0.870 bits per heavy atom. The van der Waals surface area contributed by atoms with Crippen molar-refractivity contribution in [3.05, 3.63) is 72.8 Å². The molecular weight excluding hydrogens is 304 g/mol. The Balaban J connectivity index is 1.80. The van der Waals surface area contributed by atoms with Crippen molar-refractivity contribution < 1.29 is 4.74 Å². The highest BCUT2D eigenvalue weighted by atomic mass is 32.2. The van der Waals surface area contributed by atoms with Gasteiger partial charge in [-0.05, 0) is 54.6 Å². The second-order valence-electron chi connectivity index (χ2n) is 5.02. The van der Waals surface area contributed by atoms with Crippen molar-refractivity contribution in [2.45, 2.75) is 9.79 Å². The van der Waals surface area contributed by atoms with Crippen LogP contribution in [0.1, 0.15) is 0 Å². The van der Waals surface area contributed by atoms with Crippen LogP contribution in [-0.2, 0) is 0 Å². The number of nitrogens with one attached hydrogen (secondary N) is 1. The summed E-state index contributed by atoms with van der Waals surface area (Å²) >= 11 is 1.68. The van der Waals surface area contributed by atoms with Crippen molar-refractivity contribution in [2.24, 2.45) is 0 Å². The van der Waals surface area contributed by atoms with E-state index < -0.39 is 0 Å². The van der Waals surface area contributed by atoms with E-state index in [0.29, 0.717) is 0 Å². The maximum absolute atomic E-state index is 5.72. The molecule has 0 aliphatic rings. The summed E-state index contributed by atoms with van der Waals surface area (Å²) in [4.78, 5) is 2.26. The fourth-order valence-electron chi connectivity index (χ4n) is 2.19. The van der Waals surface area contributed by atoms with Crippen molar-refractivity contribution in [2.75, 3.05) is 18.2 Å². The van der Waals surface area contributed by atoms with E-state index in [4.69, 9.17) is 10.5 Å². The molecule has 3 aromatic carbocycles. The lowest BCUT2D eigenvalue weighted by atomic mass is 10.2. The molecule has 0 saturated carbocycles. The molecule has 0 aliphatic heterocycles. The van der Waals surface area contributed by atoms with Crippen LogP contribution < -0.4 is 15.8 Å². The number of ether oxygens (including phenoxy) is 1. The van der Waals surface area contributed by atoms with Gasteiger partial charge in [-0.2, -0.15) is 0 Å². The van der Waals surface area contributed by atoms with Crippen LogP contribution in [0.4, 0.5) is 17.1 Å². The zero-order valence-electron chi connectivity index (χ0n) is 12.8. The van der Waals surface area contributed by atoms with E-state index in [2.05, 4.69) is 11.4 Å². The molecule has 0 saturated heterocycles. The minimum Gasteiger partial charge on any atom is -0.495 e. The normalized spacial score (nSPS) is 10.3. The van der Waals surface area contributed by atoms with E-state index in [-0.39, 0.29) is 0 Å². The van der Waals surface area contributed by atoms with Gasteiger partial charge in [-0.25, -0.2) is 0 Å². The number of rotatable bonds is 5. The number of hydrogen-bond acceptors (Lipinski definition) is 4. The molecule has 4 heteroatoms. The Bertz CT molecular complexity index is 773. The summed E-state index contributed by atoms with van der Waals surface area (Å²) in [6.07, 6.45) is 0. The van der Waals surface area contributed by atoms with E-state index in [9.17, 15) is 0 Å². The Hall–Kier alpha value is -2.59. The number of para-hydroxylation sites is 1. The largest absolute Gasteiger partial charge is 0.495 e. The van der Waals surface area contributed by atoms with Gasteiger partial charge >= 0.3 is 0 Å². The minimum absolute atomic E-state index is 0.773. The molecule has 3 nitrogen and oxygen atoms in total. The first kappa shape index (κ1) is 15.3. The van der Waals surface area contributed by atoms with Crippen molar-refractivity contribution in [1.29, 1.82) is 0 Å². The van der Waals surface area contributed by atoms with Crippen LogP contribution in [0.5, 0.6) is 5.75 Å². The zero-order chi connectivity index (χ0) is 16.1. The maximum Gasteiger partial charge on any atom is 0.143 e. The Morgan fingerprint density at radius 3 is 2.26 bits per heavy atom. The minimum atomic E-state index is 0.773.